The second-order valence-corrected chi connectivity index (χ2v) is 17.3. The third-order valence-electron chi connectivity index (χ3n) is 10.5. The lowest BCUT2D eigenvalue weighted by atomic mass is 9.91. The summed E-state index contributed by atoms with van der Waals surface area (Å²) in [6.07, 6.45) is 2.90. The van der Waals surface area contributed by atoms with Crippen LogP contribution in [0.1, 0.15) is 52.7 Å². The number of thioether (sulfide) groups is 1. The van der Waals surface area contributed by atoms with Gasteiger partial charge in [-0.1, -0.05) is 140 Å². The lowest BCUT2D eigenvalue weighted by molar-refractivity contribution is -0.268. The Morgan fingerprint density at radius 1 is 0.862 bits per heavy atom. The maximum absolute atomic E-state index is 13.8. The van der Waals surface area contributed by atoms with Crippen LogP contribution < -0.4 is 10.0 Å². The molecule has 300 valence electrons. The molecule has 1 amide bonds. The van der Waals surface area contributed by atoms with E-state index < -0.39 is 28.3 Å². The van der Waals surface area contributed by atoms with E-state index in [2.05, 4.69) is 21.9 Å². The molecule has 1 fully saturated rings. The summed E-state index contributed by atoms with van der Waals surface area (Å²) in [6, 6.07) is 38.7. The van der Waals surface area contributed by atoms with Crippen molar-refractivity contribution in [1.82, 2.24) is 19.6 Å². The van der Waals surface area contributed by atoms with E-state index in [1.165, 1.54) is 0 Å². The number of nitrogens with zero attached hydrogens (tertiary/aromatic N) is 2. The van der Waals surface area contributed by atoms with Gasteiger partial charge >= 0.3 is 0 Å². The molecule has 5 aromatic carbocycles. The van der Waals surface area contributed by atoms with Crippen molar-refractivity contribution in [2.24, 2.45) is 13.0 Å². The molecule has 0 unspecified atom stereocenters. The highest BCUT2D eigenvalue weighted by atomic mass is 32.2. The number of aliphatic hydroxyl groups is 1. The van der Waals surface area contributed by atoms with Crippen molar-refractivity contribution in [3.8, 4) is 11.1 Å². The Hall–Kier alpha value is -5.08. The summed E-state index contributed by atoms with van der Waals surface area (Å²) in [5.74, 6) is 0.297. The Bertz CT molecular complexity index is 2390. The number of aryl methyl sites for hydroxylation is 2. The van der Waals surface area contributed by atoms with Crippen molar-refractivity contribution in [3.63, 3.8) is 0 Å². The van der Waals surface area contributed by atoms with E-state index in [1.54, 1.807) is 42.2 Å². The van der Waals surface area contributed by atoms with Gasteiger partial charge in [-0.2, -0.15) is 4.72 Å². The number of sulfonamides is 1. The van der Waals surface area contributed by atoms with Crippen molar-refractivity contribution >= 4 is 27.7 Å². The van der Waals surface area contributed by atoms with Gasteiger partial charge in [0.05, 0.1) is 23.7 Å². The normalized spacial score (nSPS) is 18.8. The van der Waals surface area contributed by atoms with Crippen molar-refractivity contribution in [3.05, 3.63) is 173 Å². The van der Waals surface area contributed by atoms with Gasteiger partial charge in [-0.15, -0.1) is 0 Å². The van der Waals surface area contributed by atoms with Gasteiger partial charge in [-0.05, 0) is 58.9 Å². The molecule has 1 aliphatic heterocycles. The maximum atomic E-state index is 13.8. The summed E-state index contributed by atoms with van der Waals surface area (Å²) in [5.41, 5.74) is 7.25. The Kier molecular flexibility index (Phi) is 13.2. The molecule has 6 aromatic rings. The molecule has 3 N–H and O–H groups in total. The quantitative estimate of drug-likeness (QED) is 0.0901. The first-order valence-corrected chi connectivity index (χ1v) is 21.7. The highest BCUT2D eigenvalue weighted by molar-refractivity contribution is 7.99. The molecule has 0 aliphatic carbocycles. The van der Waals surface area contributed by atoms with Crippen LogP contribution in [0.15, 0.2) is 150 Å². The largest absolute Gasteiger partial charge is 0.392 e. The number of nitrogens with one attached hydrogen (secondary N) is 2. The fourth-order valence-electron chi connectivity index (χ4n) is 7.05. The summed E-state index contributed by atoms with van der Waals surface area (Å²) in [6.45, 7) is 4.20. The van der Waals surface area contributed by atoms with Gasteiger partial charge in [0.1, 0.15) is 6.04 Å². The zero-order valence-corrected chi connectivity index (χ0v) is 34.3. The molecule has 1 aliphatic rings. The van der Waals surface area contributed by atoms with Gasteiger partial charge in [0, 0.05) is 43.2 Å². The topological polar surface area (TPSA) is 132 Å². The predicted molar refractivity (Wildman–Crippen MR) is 226 cm³/mol. The van der Waals surface area contributed by atoms with E-state index in [0.29, 0.717) is 5.75 Å². The first-order chi connectivity index (χ1) is 28.1. The number of imidazole rings is 1. The Morgan fingerprint density at radius 3 is 2.24 bits per heavy atom. The summed E-state index contributed by atoms with van der Waals surface area (Å²) in [7, 11) is -2.00. The van der Waals surface area contributed by atoms with Gasteiger partial charge in [-0.3, -0.25) is 4.79 Å². The van der Waals surface area contributed by atoms with Gasteiger partial charge in [0.25, 0.3) is 0 Å². The highest BCUT2D eigenvalue weighted by Gasteiger charge is 2.38. The minimum Gasteiger partial charge on any atom is -0.392 e. The second-order valence-electron chi connectivity index (χ2n) is 14.6. The third kappa shape index (κ3) is 9.95. The molecule has 10 nitrogen and oxygen atoms in total. The summed E-state index contributed by atoms with van der Waals surface area (Å²) < 4.78 is 44.9. The van der Waals surface area contributed by atoms with Crippen LogP contribution in [0.5, 0.6) is 0 Å². The standard InChI is InChI=1S/C46H48N4O6S2/c1-31-13-23-39(24-14-31)58(53,54)49-41(27-33-9-5-4-6-10-33)44(52)48-28-38-11-7-8-12-40(38)35-19-21-37(22-20-35)45-55-42(30-57-46-47-25-26-50(46)3)32(2)43(56-45)36-17-15-34(29-51)16-18-36/h4-26,32,41-43,45,49,51H,27-30H2,1-3H3,(H,48,52)/t32-,41-,42+,43+,45+/m1/s1. The van der Waals surface area contributed by atoms with E-state index in [1.807, 2.05) is 128 Å². The highest BCUT2D eigenvalue weighted by Crippen LogP contribution is 2.43. The Labute approximate surface area is 344 Å². The second kappa shape index (κ2) is 18.7. The molecule has 2 heterocycles. The number of hydrogen-bond donors (Lipinski definition) is 3. The molecule has 0 bridgehead atoms. The number of amides is 1. The van der Waals surface area contributed by atoms with Crippen LogP contribution >= 0.6 is 11.8 Å². The van der Waals surface area contributed by atoms with E-state index in [-0.39, 0.29) is 42.6 Å². The Morgan fingerprint density at radius 2 is 1.55 bits per heavy atom. The van der Waals surface area contributed by atoms with Crippen LogP contribution in [-0.2, 0) is 50.9 Å². The first kappa shape index (κ1) is 41.1. The number of hydrogen-bond acceptors (Lipinski definition) is 8. The monoisotopic (exact) mass is 816 g/mol. The molecular weight excluding hydrogens is 769 g/mol. The van der Waals surface area contributed by atoms with E-state index in [0.717, 1.165) is 49.7 Å². The fraction of sp³-hybridized carbons (Fsp3) is 0.261. The summed E-state index contributed by atoms with van der Waals surface area (Å²) in [5, 5.41) is 13.6. The molecule has 0 saturated carbocycles. The molecule has 5 atom stereocenters. The molecule has 1 saturated heterocycles. The average Bonchev–Trinajstić information content (AvgIpc) is 3.67. The number of carbonyl (C=O) groups is 1. The summed E-state index contributed by atoms with van der Waals surface area (Å²) in [4.78, 5) is 18.4. The van der Waals surface area contributed by atoms with Crippen LogP contribution in [0.25, 0.3) is 11.1 Å². The third-order valence-corrected chi connectivity index (χ3v) is 13.1. The zero-order chi connectivity index (χ0) is 40.6. The molecule has 0 radical (unpaired) electrons. The number of carbonyl (C=O) groups excluding carboxylic acids is 1. The number of benzene rings is 5. The molecule has 0 spiro atoms. The SMILES string of the molecule is Cc1ccc(S(=O)(=O)N[C@H](Cc2ccccc2)C(=O)NCc2ccccc2-c2ccc([C@H]3O[C@@H](CSc4nccn4C)[C@@H](C)[C@@H](c4ccc(CO)cc4)O3)cc2)cc1. The fourth-order valence-corrected chi connectivity index (χ4v) is 9.34. The van der Waals surface area contributed by atoms with Crippen LogP contribution in [0.2, 0.25) is 0 Å². The lowest BCUT2D eigenvalue weighted by Crippen LogP contribution is -2.47. The molecular formula is C46H48N4O6S2. The minimum atomic E-state index is -3.98. The smallest absolute Gasteiger partial charge is 0.241 e. The number of aliphatic hydroxyl groups excluding tert-OH is 1. The van der Waals surface area contributed by atoms with E-state index in [4.69, 9.17) is 9.47 Å². The number of aromatic nitrogens is 2. The van der Waals surface area contributed by atoms with Crippen LogP contribution in [0.3, 0.4) is 0 Å². The average molecular weight is 817 g/mol. The van der Waals surface area contributed by atoms with Crippen LogP contribution in [0, 0.1) is 12.8 Å². The van der Waals surface area contributed by atoms with Crippen molar-refractivity contribution in [2.45, 2.75) is 68.0 Å². The van der Waals surface area contributed by atoms with Gasteiger partial charge in [0.2, 0.25) is 15.9 Å². The number of rotatable bonds is 15. The van der Waals surface area contributed by atoms with Gasteiger partial charge in [0.15, 0.2) is 11.4 Å². The van der Waals surface area contributed by atoms with Crippen LogP contribution in [-0.4, -0.2) is 46.9 Å². The first-order valence-electron chi connectivity index (χ1n) is 19.3. The minimum absolute atomic E-state index is 0.0251. The molecule has 12 heteroatoms. The zero-order valence-electron chi connectivity index (χ0n) is 32.7. The summed E-state index contributed by atoms with van der Waals surface area (Å²) >= 11 is 1.65. The van der Waals surface area contributed by atoms with Gasteiger partial charge in [-0.25, -0.2) is 13.4 Å². The van der Waals surface area contributed by atoms with E-state index in [9.17, 15) is 18.3 Å². The molecule has 58 heavy (non-hydrogen) atoms. The lowest BCUT2D eigenvalue weighted by Gasteiger charge is -2.41. The van der Waals surface area contributed by atoms with Crippen molar-refractivity contribution in [2.75, 3.05) is 5.75 Å². The maximum Gasteiger partial charge on any atom is 0.241 e. The van der Waals surface area contributed by atoms with E-state index >= 15 is 0 Å². The molecule has 1 aromatic heterocycles. The van der Waals surface area contributed by atoms with Crippen molar-refractivity contribution in [1.29, 1.82) is 0 Å². The number of ether oxygens (including phenoxy) is 2. The molecule has 7 rings (SSSR count). The Balaban J connectivity index is 1.08. The van der Waals surface area contributed by atoms with Gasteiger partial charge < -0.3 is 24.5 Å². The van der Waals surface area contributed by atoms with Crippen LogP contribution in [0.4, 0.5) is 0 Å². The predicted octanol–water partition coefficient (Wildman–Crippen LogP) is 7.68. The van der Waals surface area contributed by atoms with Crippen molar-refractivity contribution < 1.29 is 27.8 Å².